The summed E-state index contributed by atoms with van der Waals surface area (Å²) in [6.45, 7) is 8.93. The third kappa shape index (κ3) is 3.42. The van der Waals surface area contributed by atoms with Gasteiger partial charge in [-0.25, -0.2) is 0 Å². The Labute approximate surface area is 123 Å². The van der Waals surface area contributed by atoms with Crippen molar-refractivity contribution in [3.05, 3.63) is 35.9 Å². The van der Waals surface area contributed by atoms with Crippen LogP contribution in [0.25, 0.3) is 0 Å². The Morgan fingerprint density at radius 2 is 1.75 bits per heavy atom. The standard InChI is InChI=1S/C18H28N2/c1-16(17-8-4-2-5-9-17)10-13-19-14-18(15-19)20-11-6-3-7-12-20/h2,4-5,8-9,16,18H,3,6-7,10-15H2,1H3. The van der Waals surface area contributed by atoms with Gasteiger partial charge in [-0.3, -0.25) is 4.90 Å². The number of nitrogens with zero attached hydrogens (tertiary/aromatic N) is 2. The summed E-state index contributed by atoms with van der Waals surface area (Å²) in [5, 5.41) is 0. The van der Waals surface area contributed by atoms with Crippen molar-refractivity contribution in [3.8, 4) is 0 Å². The van der Waals surface area contributed by atoms with Gasteiger partial charge in [0.25, 0.3) is 0 Å². The van der Waals surface area contributed by atoms with Crippen molar-refractivity contribution in [2.24, 2.45) is 0 Å². The lowest BCUT2D eigenvalue weighted by molar-refractivity contribution is 0.0221. The van der Waals surface area contributed by atoms with Gasteiger partial charge in [-0.05, 0) is 50.4 Å². The fraction of sp³-hybridized carbons (Fsp3) is 0.667. The summed E-state index contributed by atoms with van der Waals surface area (Å²) in [7, 11) is 0. The molecule has 20 heavy (non-hydrogen) atoms. The minimum absolute atomic E-state index is 0.685. The van der Waals surface area contributed by atoms with E-state index >= 15 is 0 Å². The van der Waals surface area contributed by atoms with Gasteiger partial charge in [0.15, 0.2) is 0 Å². The lowest BCUT2D eigenvalue weighted by Gasteiger charge is -2.47. The number of hydrogen-bond donors (Lipinski definition) is 0. The molecule has 0 aromatic heterocycles. The average molecular weight is 272 g/mol. The minimum Gasteiger partial charge on any atom is -0.300 e. The molecule has 0 aliphatic carbocycles. The molecule has 0 amide bonds. The monoisotopic (exact) mass is 272 g/mol. The van der Waals surface area contributed by atoms with Crippen LogP contribution in [0.2, 0.25) is 0 Å². The highest BCUT2D eigenvalue weighted by atomic mass is 15.3. The predicted octanol–water partition coefficient (Wildman–Crippen LogP) is 3.35. The van der Waals surface area contributed by atoms with Gasteiger partial charge >= 0.3 is 0 Å². The van der Waals surface area contributed by atoms with Gasteiger partial charge in [0.1, 0.15) is 0 Å². The highest BCUT2D eigenvalue weighted by Crippen LogP contribution is 2.23. The molecule has 1 unspecified atom stereocenters. The Hall–Kier alpha value is -0.860. The predicted molar refractivity (Wildman–Crippen MR) is 85.1 cm³/mol. The summed E-state index contributed by atoms with van der Waals surface area (Å²) >= 11 is 0. The number of piperidine rings is 1. The normalized spacial score (nSPS) is 23.4. The molecule has 0 radical (unpaired) electrons. The van der Waals surface area contributed by atoms with Crippen molar-refractivity contribution in [1.29, 1.82) is 0 Å². The number of hydrogen-bond acceptors (Lipinski definition) is 2. The molecule has 110 valence electrons. The van der Waals surface area contributed by atoms with Gasteiger partial charge in [-0.1, -0.05) is 43.7 Å². The van der Waals surface area contributed by atoms with Crippen LogP contribution in [0.3, 0.4) is 0 Å². The van der Waals surface area contributed by atoms with E-state index in [-0.39, 0.29) is 0 Å². The van der Waals surface area contributed by atoms with Crippen LogP contribution < -0.4 is 0 Å². The van der Waals surface area contributed by atoms with Crippen molar-refractivity contribution in [2.75, 3.05) is 32.7 Å². The van der Waals surface area contributed by atoms with Crippen molar-refractivity contribution in [2.45, 2.75) is 44.6 Å². The molecule has 2 heteroatoms. The Morgan fingerprint density at radius 1 is 1.05 bits per heavy atom. The van der Waals surface area contributed by atoms with Gasteiger partial charge in [0.05, 0.1) is 0 Å². The number of benzene rings is 1. The molecule has 2 aliphatic heterocycles. The second kappa shape index (κ2) is 6.73. The number of likely N-dealkylation sites (tertiary alicyclic amines) is 2. The molecule has 0 saturated carbocycles. The largest absolute Gasteiger partial charge is 0.300 e. The third-order valence-corrected chi connectivity index (χ3v) is 5.09. The maximum atomic E-state index is 2.72. The van der Waals surface area contributed by atoms with Gasteiger partial charge in [-0.2, -0.15) is 0 Å². The molecular weight excluding hydrogens is 244 g/mol. The molecule has 1 aromatic rings. The zero-order valence-corrected chi connectivity index (χ0v) is 12.8. The van der Waals surface area contributed by atoms with Crippen LogP contribution in [0.15, 0.2) is 30.3 Å². The summed E-state index contributed by atoms with van der Waals surface area (Å²) in [5.74, 6) is 0.685. The number of rotatable bonds is 5. The maximum Gasteiger partial charge on any atom is 0.0350 e. The van der Waals surface area contributed by atoms with E-state index in [1.165, 1.54) is 64.0 Å². The van der Waals surface area contributed by atoms with E-state index in [2.05, 4.69) is 47.1 Å². The fourth-order valence-electron chi connectivity index (χ4n) is 3.56. The van der Waals surface area contributed by atoms with E-state index in [9.17, 15) is 0 Å². The van der Waals surface area contributed by atoms with Crippen LogP contribution in [0.1, 0.15) is 44.1 Å². The summed E-state index contributed by atoms with van der Waals surface area (Å²) in [4.78, 5) is 5.36. The summed E-state index contributed by atoms with van der Waals surface area (Å²) in [6, 6.07) is 11.8. The summed E-state index contributed by atoms with van der Waals surface area (Å²) in [5.41, 5.74) is 1.49. The molecule has 1 atom stereocenters. The molecule has 0 N–H and O–H groups in total. The maximum absolute atomic E-state index is 2.72. The van der Waals surface area contributed by atoms with Crippen molar-refractivity contribution < 1.29 is 0 Å². The molecule has 2 aliphatic rings. The molecule has 1 aromatic carbocycles. The van der Waals surface area contributed by atoms with Crippen LogP contribution in [0.5, 0.6) is 0 Å². The van der Waals surface area contributed by atoms with Crippen molar-refractivity contribution in [3.63, 3.8) is 0 Å². The van der Waals surface area contributed by atoms with Gasteiger partial charge in [0, 0.05) is 19.1 Å². The first kappa shape index (κ1) is 14.1. The molecule has 2 fully saturated rings. The minimum atomic E-state index is 0.685. The fourth-order valence-corrected chi connectivity index (χ4v) is 3.56. The Morgan fingerprint density at radius 3 is 2.45 bits per heavy atom. The molecule has 2 heterocycles. The first-order valence-electron chi connectivity index (χ1n) is 8.34. The second-order valence-electron chi connectivity index (χ2n) is 6.61. The van der Waals surface area contributed by atoms with Crippen molar-refractivity contribution in [1.82, 2.24) is 9.80 Å². The topological polar surface area (TPSA) is 6.48 Å². The third-order valence-electron chi connectivity index (χ3n) is 5.09. The van der Waals surface area contributed by atoms with Gasteiger partial charge in [-0.15, -0.1) is 0 Å². The Balaban J connectivity index is 1.36. The first-order chi connectivity index (χ1) is 9.83. The van der Waals surface area contributed by atoms with E-state index < -0.39 is 0 Å². The summed E-state index contributed by atoms with van der Waals surface area (Å²) in [6.07, 6.45) is 5.57. The zero-order valence-electron chi connectivity index (χ0n) is 12.8. The lowest BCUT2D eigenvalue weighted by Crippen LogP contribution is -2.60. The molecule has 3 rings (SSSR count). The van der Waals surface area contributed by atoms with Gasteiger partial charge in [0.2, 0.25) is 0 Å². The van der Waals surface area contributed by atoms with Crippen LogP contribution in [0, 0.1) is 0 Å². The van der Waals surface area contributed by atoms with E-state index in [1.54, 1.807) is 0 Å². The van der Waals surface area contributed by atoms with E-state index in [4.69, 9.17) is 0 Å². The Bertz CT molecular complexity index is 391. The van der Waals surface area contributed by atoms with E-state index in [1.807, 2.05) is 0 Å². The molecular formula is C18H28N2. The smallest absolute Gasteiger partial charge is 0.0350 e. The highest BCUT2D eigenvalue weighted by molar-refractivity contribution is 5.18. The molecule has 2 nitrogen and oxygen atoms in total. The van der Waals surface area contributed by atoms with Crippen LogP contribution in [-0.2, 0) is 0 Å². The molecule has 0 bridgehead atoms. The molecule has 0 spiro atoms. The highest BCUT2D eigenvalue weighted by Gasteiger charge is 2.31. The van der Waals surface area contributed by atoms with E-state index in [0.29, 0.717) is 5.92 Å². The van der Waals surface area contributed by atoms with E-state index in [0.717, 1.165) is 6.04 Å². The van der Waals surface area contributed by atoms with Crippen LogP contribution in [0.4, 0.5) is 0 Å². The summed E-state index contributed by atoms with van der Waals surface area (Å²) < 4.78 is 0. The average Bonchev–Trinajstić information content (AvgIpc) is 2.47. The van der Waals surface area contributed by atoms with Crippen molar-refractivity contribution >= 4 is 0 Å². The lowest BCUT2D eigenvalue weighted by atomic mass is 9.96. The van der Waals surface area contributed by atoms with Crippen LogP contribution in [-0.4, -0.2) is 48.6 Å². The molecule has 2 saturated heterocycles. The SMILES string of the molecule is CC(CCN1CC(N2CCCCC2)C1)c1ccccc1. The van der Waals surface area contributed by atoms with Gasteiger partial charge < -0.3 is 4.90 Å². The zero-order chi connectivity index (χ0) is 13.8. The quantitative estimate of drug-likeness (QED) is 0.811. The second-order valence-corrected chi connectivity index (χ2v) is 6.61. The Kier molecular flexibility index (Phi) is 4.74. The first-order valence-corrected chi connectivity index (χ1v) is 8.34. The van der Waals surface area contributed by atoms with Crippen LogP contribution >= 0.6 is 0 Å².